The zero-order chi connectivity index (χ0) is 25.6. The molecule has 7 heteroatoms. The molecule has 0 spiro atoms. The van der Waals surface area contributed by atoms with Gasteiger partial charge in [-0.3, -0.25) is 4.79 Å². The Kier molecular flexibility index (Phi) is 5.97. The molecular weight excluding hydrogens is 482 g/mol. The number of carbonyl (C=O) groups excluding carboxylic acids is 1. The zero-order valence-corrected chi connectivity index (χ0v) is 21.5. The van der Waals surface area contributed by atoms with Gasteiger partial charge in [-0.2, -0.15) is 4.31 Å². The van der Waals surface area contributed by atoms with Crippen molar-refractivity contribution in [3.05, 3.63) is 84.9 Å². The minimum Gasteiger partial charge on any atom is -0.341 e. The lowest BCUT2D eigenvalue weighted by Gasteiger charge is -2.31. The average molecular weight is 512 g/mol. The number of carbonyl (C=O) groups is 1. The third-order valence-corrected chi connectivity index (χ3v) is 9.33. The van der Waals surface area contributed by atoms with Crippen molar-refractivity contribution in [1.82, 2.24) is 8.87 Å². The van der Waals surface area contributed by atoms with Gasteiger partial charge >= 0.3 is 0 Å². The number of anilines is 1. The highest BCUT2D eigenvalue weighted by Crippen LogP contribution is 2.32. The van der Waals surface area contributed by atoms with Crippen LogP contribution in [0.3, 0.4) is 0 Å². The Hall–Kier alpha value is -3.68. The number of para-hydroxylation sites is 1. The molecule has 1 N–H and O–H groups in total. The summed E-state index contributed by atoms with van der Waals surface area (Å²) >= 11 is 0. The second-order valence-corrected chi connectivity index (χ2v) is 11.6. The van der Waals surface area contributed by atoms with Crippen molar-refractivity contribution in [2.24, 2.45) is 5.92 Å². The minimum absolute atomic E-state index is 0.142. The van der Waals surface area contributed by atoms with E-state index in [9.17, 15) is 13.2 Å². The molecule has 37 heavy (non-hydrogen) atoms. The molecule has 5 aromatic rings. The van der Waals surface area contributed by atoms with E-state index < -0.39 is 15.9 Å². The van der Waals surface area contributed by atoms with Gasteiger partial charge in [0, 0.05) is 47.1 Å². The lowest BCUT2D eigenvalue weighted by atomic mass is 9.98. The van der Waals surface area contributed by atoms with E-state index in [0.717, 1.165) is 39.3 Å². The van der Waals surface area contributed by atoms with Crippen molar-refractivity contribution in [2.45, 2.75) is 31.2 Å². The van der Waals surface area contributed by atoms with E-state index in [-0.39, 0.29) is 17.3 Å². The molecule has 6 rings (SSSR count). The fraction of sp³-hybridized carbons (Fsp3) is 0.233. The number of sulfonamides is 1. The van der Waals surface area contributed by atoms with Gasteiger partial charge in [-0.05, 0) is 66.9 Å². The van der Waals surface area contributed by atoms with Crippen LogP contribution in [-0.4, -0.2) is 36.3 Å². The molecule has 1 atom stereocenters. The fourth-order valence-corrected chi connectivity index (χ4v) is 7.13. The molecule has 4 aromatic carbocycles. The van der Waals surface area contributed by atoms with Gasteiger partial charge in [0.2, 0.25) is 15.9 Å². The quantitative estimate of drug-likeness (QED) is 0.314. The van der Waals surface area contributed by atoms with Crippen molar-refractivity contribution in [3.8, 4) is 0 Å². The number of aryl methyl sites for hydroxylation is 1. The molecule has 1 saturated heterocycles. The number of nitrogens with zero attached hydrogens (tertiary/aromatic N) is 2. The minimum atomic E-state index is -3.70. The van der Waals surface area contributed by atoms with Crippen molar-refractivity contribution in [1.29, 1.82) is 0 Å². The van der Waals surface area contributed by atoms with Gasteiger partial charge in [-0.1, -0.05) is 48.5 Å². The lowest BCUT2D eigenvalue weighted by Crippen LogP contribution is -2.43. The van der Waals surface area contributed by atoms with Crippen LogP contribution in [0.15, 0.2) is 89.8 Å². The van der Waals surface area contributed by atoms with E-state index in [2.05, 4.69) is 28.9 Å². The second kappa shape index (κ2) is 9.32. The Balaban J connectivity index is 1.23. The third kappa shape index (κ3) is 4.18. The SMILES string of the molecule is CCn1c2ccccc2c2cc(NC(=O)[C@@H]3CCCN(S(=O)(=O)c4ccc5ccccc5c4)C3)ccc21. The molecule has 188 valence electrons. The first-order valence-corrected chi connectivity index (χ1v) is 14.2. The van der Waals surface area contributed by atoms with Crippen molar-refractivity contribution in [3.63, 3.8) is 0 Å². The van der Waals surface area contributed by atoms with Gasteiger partial charge in [0.05, 0.1) is 10.8 Å². The number of rotatable bonds is 5. The second-order valence-electron chi connectivity index (χ2n) is 9.69. The summed E-state index contributed by atoms with van der Waals surface area (Å²) in [6.45, 7) is 3.58. The molecule has 0 aliphatic carbocycles. The fourth-order valence-electron chi connectivity index (χ4n) is 5.57. The molecular formula is C30H29N3O3S. The first kappa shape index (κ1) is 23.7. The van der Waals surface area contributed by atoms with E-state index in [1.807, 2.05) is 60.7 Å². The largest absolute Gasteiger partial charge is 0.341 e. The summed E-state index contributed by atoms with van der Waals surface area (Å²) in [5.41, 5.74) is 3.03. The number of nitrogens with one attached hydrogen (secondary N) is 1. The number of amides is 1. The maximum Gasteiger partial charge on any atom is 0.243 e. The van der Waals surface area contributed by atoms with Gasteiger partial charge < -0.3 is 9.88 Å². The highest BCUT2D eigenvalue weighted by Gasteiger charge is 2.33. The maximum atomic E-state index is 13.5. The van der Waals surface area contributed by atoms with Crippen LogP contribution in [0.1, 0.15) is 19.8 Å². The molecule has 0 saturated carbocycles. The molecule has 1 amide bonds. The summed E-state index contributed by atoms with van der Waals surface area (Å²) in [5, 5.41) is 7.19. The zero-order valence-electron chi connectivity index (χ0n) is 20.7. The molecule has 0 bridgehead atoms. The molecule has 1 aliphatic rings. The number of fused-ring (bicyclic) bond motifs is 4. The van der Waals surface area contributed by atoms with Crippen molar-refractivity contribution in [2.75, 3.05) is 18.4 Å². The van der Waals surface area contributed by atoms with E-state index in [0.29, 0.717) is 19.4 Å². The molecule has 0 unspecified atom stereocenters. The Bertz CT molecular complexity index is 1760. The standard InChI is InChI=1S/C30H29N3O3S/c1-2-33-28-12-6-5-11-26(28)27-19-24(14-16-29(27)33)31-30(34)23-10-7-17-32(20-23)37(35,36)25-15-13-21-8-3-4-9-22(21)18-25/h3-6,8-9,11-16,18-19,23H,2,7,10,17,20H2,1H3,(H,31,34)/t23-/m1/s1. The maximum absolute atomic E-state index is 13.5. The molecule has 1 aliphatic heterocycles. The van der Waals surface area contributed by atoms with E-state index in [1.165, 1.54) is 9.82 Å². The van der Waals surface area contributed by atoms with Crippen LogP contribution < -0.4 is 5.32 Å². The van der Waals surface area contributed by atoms with Crippen LogP contribution in [0.4, 0.5) is 5.69 Å². The molecule has 2 heterocycles. The topological polar surface area (TPSA) is 71.4 Å². The Labute approximate surface area is 216 Å². The number of piperidine rings is 1. The molecule has 6 nitrogen and oxygen atoms in total. The Morgan fingerprint density at radius 2 is 1.65 bits per heavy atom. The first-order valence-electron chi connectivity index (χ1n) is 12.8. The van der Waals surface area contributed by atoms with E-state index in [4.69, 9.17) is 0 Å². The average Bonchev–Trinajstić information content (AvgIpc) is 3.25. The number of hydrogen-bond donors (Lipinski definition) is 1. The van der Waals surface area contributed by atoms with Gasteiger partial charge in [-0.25, -0.2) is 8.42 Å². The van der Waals surface area contributed by atoms with Crippen LogP contribution in [-0.2, 0) is 21.4 Å². The predicted molar refractivity (Wildman–Crippen MR) is 149 cm³/mol. The first-order chi connectivity index (χ1) is 18.0. The van der Waals surface area contributed by atoms with Crippen LogP contribution >= 0.6 is 0 Å². The Morgan fingerprint density at radius 1 is 0.892 bits per heavy atom. The molecule has 1 aromatic heterocycles. The Morgan fingerprint density at radius 3 is 2.49 bits per heavy atom. The van der Waals surface area contributed by atoms with Crippen LogP contribution in [0.5, 0.6) is 0 Å². The van der Waals surface area contributed by atoms with Gasteiger partial charge in [-0.15, -0.1) is 0 Å². The number of benzene rings is 4. The highest BCUT2D eigenvalue weighted by molar-refractivity contribution is 7.89. The van der Waals surface area contributed by atoms with Crippen molar-refractivity contribution >= 4 is 54.2 Å². The summed E-state index contributed by atoms with van der Waals surface area (Å²) in [5.74, 6) is -0.548. The van der Waals surface area contributed by atoms with Gasteiger partial charge in [0.15, 0.2) is 0 Å². The molecule has 1 fully saturated rings. The monoisotopic (exact) mass is 511 g/mol. The summed E-state index contributed by atoms with van der Waals surface area (Å²) in [4.78, 5) is 13.5. The summed E-state index contributed by atoms with van der Waals surface area (Å²) < 4.78 is 30.6. The van der Waals surface area contributed by atoms with Gasteiger partial charge in [0.1, 0.15) is 0 Å². The smallest absolute Gasteiger partial charge is 0.243 e. The van der Waals surface area contributed by atoms with Gasteiger partial charge in [0.25, 0.3) is 0 Å². The predicted octanol–water partition coefficient (Wildman–Crippen LogP) is 6.01. The summed E-state index contributed by atoms with van der Waals surface area (Å²) in [6, 6.07) is 27.2. The normalized spacial score (nSPS) is 16.9. The van der Waals surface area contributed by atoms with Crippen LogP contribution in [0.25, 0.3) is 32.6 Å². The van der Waals surface area contributed by atoms with Crippen LogP contribution in [0.2, 0.25) is 0 Å². The van der Waals surface area contributed by atoms with Crippen molar-refractivity contribution < 1.29 is 13.2 Å². The highest BCUT2D eigenvalue weighted by atomic mass is 32.2. The number of aromatic nitrogens is 1. The molecule has 0 radical (unpaired) electrons. The van der Waals surface area contributed by atoms with Crippen LogP contribution in [0, 0.1) is 5.92 Å². The third-order valence-electron chi connectivity index (χ3n) is 7.47. The lowest BCUT2D eigenvalue weighted by molar-refractivity contribution is -0.120. The summed E-state index contributed by atoms with van der Waals surface area (Å²) in [6.07, 6.45) is 1.31. The summed E-state index contributed by atoms with van der Waals surface area (Å²) in [7, 11) is -3.70. The van der Waals surface area contributed by atoms with E-state index >= 15 is 0 Å². The number of hydrogen-bond acceptors (Lipinski definition) is 3. The van der Waals surface area contributed by atoms with E-state index in [1.54, 1.807) is 12.1 Å².